The predicted octanol–water partition coefficient (Wildman–Crippen LogP) is 9.45. The summed E-state index contributed by atoms with van der Waals surface area (Å²) in [6, 6.07) is 0. The molecule has 0 saturated carbocycles. The van der Waals surface area contributed by atoms with Crippen molar-refractivity contribution in [2.75, 3.05) is 0 Å². The molecule has 2 atom stereocenters. The highest BCUT2D eigenvalue weighted by molar-refractivity contribution is 5.12. The quantitative estimate of drug-likeness (QED) is 0.155. The first kappa shape index (κ1) is 27.2. The molecule has 0 bridgehead atoms. The van der Waals surface area contributed by atoms with E-state index in [1.54, 1.807) is 0 Å². The molecule has 152 valence electrons. The molecule has 26 heavy (non-hydrogen) atoms. The highest BCUT2D eigenvalue weighted by Crippen LogP contribution is 2.41. The number of unbranched alkanes of at least 4 members (excludes halogenated alkanes) is 1. The van der Waals surface area contributed by atoms with Crippen LogP contribution in [-0.2, 0) is 0 Å². The monoisotopic (exact) mass is 360 g/mol. The van der Waals surface area contributed by atoms with Gasteiger partial charge in [0.05, 0.1) is 0 Å². The zero-order valence-corrected chi connectivity index (χ0v) is 18.8. The van der Waals surface area contributed by atoms with Gasteiger partial charge in [0.15, 0.2) is 0 Å². The molecule has 0 aliphatic heterocycles. The van der Waals surface area contributed by atoms with Crippen LogP contribution in [0.15, 0.2) is 49.6 Å². The van der Waals surface area contributed by atoms with Gasteiger partial charge >= 0.3 is 0 Å². The lowest BCUT2D eigenvalue weighted by molar-refractivity contribution is 0.282. The average molecular weight is 361 g/mol. The van der Waals surface area contributed by atoms with Crippen molar-refractivity contribution >= 4 is 0 Å². The second kappa shape index (κ2) is 18.7. The molecule has 0 aliphatic rings. The fourth-order valence-electron chi connectivity index (χ4n) is 3.85. The Morgan fingerprint density at radius 3 is 2.04 bits per heavy atom. The van der Waals surface area contributed by atoms with Gasteiger partial charge in [-0.25, -0.2) is 0 Å². The van der Waals surface area contributed by atoms with E-state index in [9.17, 15) is 0 Å². The van der Waals surface area contributed by atoms with Crippen molar-refractivity contribution in [3.05, 3.63) is 49.6 Å². The van der Waals surface area contributed by atoms with Crippen molar-refractivity contribution in [3.63, 3.8) is 0 Å². The average Bonchev–Trinajstić information content (AvgIpc) is 2.65. The Labute approximate surface area is 166 Å². The Morgan fingerprint density at radius 1 is 0.885 bits per heavy atom. The molecular weight excluding hydrogens is 312 g/mol. The highest BCUT2D eigenvalue weighted by atomic mass is 14.3. The minimum Gasteiger partial charge on any atom is -0.106 e. The van der Waals surface area contributed by atoms with Gasteiger partial charge in [0, 0.05) is 0 Å². The maximum Gasteiger partial charge on any atom is -0.00591 e. The molecule has 0 radical (unpaired) electrons. The summed E-state index contributed by atoms with van der Waals surface area (Å²) in [4.78, 5) is 0. The van der Waals surface area contributed by atoms with E-state index in [-0.39, 0.29) is 0 Å². The first-order valence-electron chi connectivity index (χ1n) is 11.0. The van der Waals surface area contributed by atoms with Gasteiger partial charge in [-0.15, -0.1) is 13.2 Å². The van der Waals surface area contributed by atoms with E-state index in [1.165, 1.54) is 63.4 Å². The van der Waals surface area contributed by atoms with Crippen LogP contribution in [0.3, 0.4) is 0 Å². The zero-order valence-electron chi connectivity index (χ0n) is 18.8. The molecule has 0 heterocycles. The summed E-state index contributed by atoms with van der Waals surface area (Å²) >= 11 is 0. The van der Waals surface area contributed by atoms with Crippen molar-refractivity contribution in [3.8, 4) is 0 Å². The zero-order chi connectivity index (χ0) is 20.3. The van der Waals surface area contributed by atoms with E-state index < -0.39 is 0 Å². The number of hydrogen-bond acceptors (Lipinski definition) is 0. The molecule has 0 N–H and O–H groups in total. The molecule has 0 heteroatoms. The van der Waals surface area contributed by atoms with Gasteiger partial charge in [-0.05, 0) is 43.9 Å². The molecule has 0 spiro atoms. The second-order valence-corrected chi connectivity index (χ2v) is 7.59. The predicted molar refractivity (Wildman–Crippen MR) is 124 cm³/mol. The van der Waals surface area contributed by atoms with Gasteiger partial charge in [-0.3, -0.25) is 0 Å². The summed E-state index contributed by atoms with van der Waals surface area (Å²) in [7, 11) is 0. The molecule has 0 aromatic carbocycles. The Kier molecular flexibility index (Phi) is 19.6. The number of rotatable bonds is 15. The fourth-order valence-corrected chi connectivity index (χ4v) is 3.85. The van der Waals surface area contributed by atoms with Gasteiger partial charge in [0.25, 0.3) is 0 Å². The van der Waals surface area contributed by atoms with Crippen molar-refractivity contribution in [2.45, 2.75) is 105 Å². The third-order valence-corrected chi connectivity index (χ3v) is 5.55. The van der Waals surface area contributed by atoms with Crippen LogP contribution in [-0.4, -0.2) is 0 Å². The summed E-state index contributed by atoms with van der Waals surface area (Å²) in [5.41, 5.74) is 1.70. The molecule has 0 fully saturated rings. The lowest BCUT2D eigenvalue weighted by atomic mass is 9.71. The van der Waals surface area contributed by atoms with Gasteiger partial charge < -0.3 is 0 Å². The summed E-state index contributed by atoms with van der Waals surface area (Å²) in [5.74, 6) is 0.944. The third kappa shape index (κ3) is 12.3. The minimum absolute atomic E-state index is 0.317. The van der Waals surface area contributed by atoms with Crippen LogP contribution in [0.2, 0.25) is 0 Å². The normalized spacial score (nSPS) is 14.8. The molecule has 0 nitrogen and oxygen atoms in total. The molecule has 0 rings (SSSR count). The second-order valence-electron chi connectivity index (χ2n) is 7.59. The van der Waals surface area contributed by atoms with Crippen molar-refractivity contribution in [1.82, 2.24) is 0 Å². The van der Waals surface area contributed by atoms with E-state index in [4.69, 9.17) is 0 Å². The highest BCUT2D eigenvalue weighted by Gasteiger charge is 2.28. The van der Waals surface area contributed by atoms with Crippen LogP contribution in [0.5, 0.6) is 0 Å². The van der Waals surface area contributed by atoms with E-state index in [1.807, 2.05) is 0 Å². The largest absolute Gasteiger partial charge is 0.106 e. The minimum atomic E-state index is 0.317. The Morgan fingerprint density at radius 2 is 1.54 bits per heavy atom. The Hall–Kier alpha value is -1.04. The molecule has 0 aromatic heterocycles. The first-order chi connectivity index (χ1) is 12.6. The van der Waals surface area contributed by atoms with E-state index in [0.717, 1.165) is 18.8 Å². The lowest BCUT2D eigenvalue weighted by Gasteiger charge is -2.34. The molecule has 0 aliphatic carbocycles. The number of hydrogen-bond donors (Lipinski definition) is 0. The van der Waals surface area contributed by atoms with Crippen LogP contribution >= 0.6 is 0 Å². The van der Waals surface area contributed by atoms with Crippen LogP contribution in [0.25, 0.3) is 0 Å². The van der Waals surface area contributed by atoms with Gasteiger partial charge in [-0.1, -0.05) is 109 Å². The van der Waals surface area contributed by atoms with Crippen molar-refractivity contribution < 1.29 is 0 Å². The molecule has 2 unspecified atom stereocenters. The lowest BCUT2D eigenvalue weighted by Crippen LogP contribution is -2.21. The first-order valence-corrected chi connectivity index (χ1v) is 11.0. The summed E-state index contributed by atoms with van der Waals surface area (Å²) in [6.45, 7) is 21.8. The van der Waals surface area contributed by atoms with Crippen molar-refractivity contribution in [1.29, 1.82) is 0 Å². The Balaban J connectivity index is 0. The van der Waals surface area contributed by atoms with Crippen LogP contribution in [0.1, 0.15) is 105 Å². The smallest absolute Gasteiger partial charge is 0.00591 e. The fraction of sp³-hybridized carbons (Fsp3) is 0.692. The maximum absolute atomic E-state index is 4.37. The maximum atomic E-state index is 4.37. The molecule has 0 saturated heterocycles. The van der Waals surface area contributed by atoms with Crippen LogP contribution in [0.4, 0.5) is 0 Å². The van der Waals surface area contributed by atoms with E-state index in [0.29, 0.717) is 5.41 Å². The molecule has 0 amide bonds. The SMILES string of the molecule is C=C.C=C(C)C(C/C=C\C=C/CC)(CCC)CCCCC(CC)CCC. The van der Waals surface area contributed by atoms with Gasteiger partial charge in [-0.2, -0.15) is 0 Å². The summed E-state index contributed by atoms with van der Waals surface area (Å²) < 4.78 is 0. The van der Waals surface area contributed by atoms with Crippen molar-refractivity contribution in [2.24, 2.45) is 11.3 Å². The van der Waals surface area contributed by atoms with Crippen LogP contribution < -0.4 is 0 Å². The Bertz CT molecular complexity index is 373. The van der Waals surface area contributed by atoms with Crippen LogP contribution in [0, 0.1) is 11.3 Å². The van der Waals surface area contributed by atoms with E-state index in [2.05, 4.69) is 78.7 Å². The molecular formula is C26H48. The molecule has 0 aromatic rings. The topological polar surface area (TPSA) is 0 Å². The summed E-state index contributed by atoms with van der Waals surface area (Å²) in [6.07, 6.45) is 23.3. The van der Waals surface area contributed by atoms with Gasteiger partial charge in [0.1, 0.15) is 0 Å². The standard InChI is InChI=1S/C24H44.C2H4/c1-7-11-12-13-15-20-24(19-9-3,22(5)6)21-16-14-18-23(10-4)17-8-2;1-2/h11-13,15,23H,5,7-10,14,16-21H2,1-4,6H3;1-2H2/b12-11-,15-13-;. The third-order valence-electron chi connectivity index (χ3n) is 5.55. The van der Waals surface area contributed by atoms with Gasteiger partial charge in [0.2, 0.25) is 0 Å². The number of allylic oxidation sites excluding steroid dienone is 5. The van der Waals surface area contributed by atoms with E-state index >= 15 is 0 Å². The summed E-state index contributed by atoms with van der Waals surface area (Å²) in [5, 5.41) is 0.